The van der Waals surface area contributed by atoms with Crippen LogP contribution in [0.15, 0.2) is 35.8 Å². The number of aromatic nitrogens is 1. The van der Waals surface area contributed by atoms with Gasteiger partial charge >= 0.3 is 0 Å². The van der Waals surface area contributed by atoms with Crippen molar-refractivity contribution in [2.24, 2.45) is 5.41 Å². The summed E-state index contributed by atoms with van der Waals surface area (Å²) in [6, 6.07) is 5.86. The van der Waals surface area contributed by atoms with Gasteiger partial charge in [-0.05, 0) is 38.1 Å². The first-order valence-corrected chi connectivity index (χ1v) is 9.58. The molecular formula is C15H15N3O4S2. The molecule has 126 valence electrons. The van der Waals surface area contributed by atoms with Crippen molar-refractivity contribution in [3.05, 3.63) is 41.4 Å². The lowest BCUT2D eigenvalue weighted by atomic mass is 9.95. The minimum Gasteiger partial charge on any atom is -0.298 e. The van der Waals surface area contributed by atoms with Crippen LogP contribution in [0.4, 0.5) is 10.8 Å². The van der Waals surface area contributed by atoms with E-state index in [9.17, 15) is 18.0 Å². The highest BCUT2D eigenvalue weighted by molar-refractivity contribution is 7.94. The Morgan fingerprint density at radius 2 is 1.96 bits per heavy atom. The van der Waals surface area contributed by atoms with E-state index in [0.717, 1.165) is 4.31 Å². The van der Waals surface area contributed by atoms with Crippen molar-refractivity contribution in [3.63, 3.8) is 0 Å². The van der Waals surface area contributed by atoms with Crippen LogP contribution < -0.4 is 9.62 Å². The molecule has 0 aliphatic carbocycles. The molecular weight excluding hydrogens is 350 g/mol. The number of benzene rings is 1. The molecule has 2 heterocycles. The van der Waals surface area contributed by atoms with Crippen molar-refractivity contribution in [2.75, 3.05) is 15.4 Å². The summed E-state index contributed by atoms with van der Waals surface area (Å²) in [6.45, 7) is 3.20. The Hall–Kier alpha value is -2.26. The molecule has 24 heavy (non-hydrogen) atoms. The van der Waals surface area contributed by atoms with Crippen LogP contribution in [0.5, 0.6) is 0 Å². The number of nitrogens with one attached hydrogen (secondary N) is 1. The van der Waals surface area contributed by atoms with E-state index in [0.29, 0.717) is 10.7 Å². The topological polar surface area (TPSA) is 96.4 Å². The predicted octanol–water partition coefficient (Wildman–Crippen LogP) is 2.10. The first-order valence-electron chi connectivity index (χ1n) is 7.09. The van der Waals surface area contributed by atoms with Crippen LogP contribution in [0.2, 0.25) is 0 Å². The van der Waals surface area contributed by atoms with E-state index in [1.165, 1.54) is 35.6 Å². The summed E-state index contributed by atoms with van der Waals surface area (Å²) in [5, 5.41) is 4.85. The van der Waals surface area contributed by atoms with Crippen molar-refractivity contribution in [1.82, 2.24) is 4.98 Å². The summed E-state index contributed by atoms with van der Waals surface area (Å²) in [5.41, 5.74) is -0.381. The molecule has 1 aliphatic heterocycles. The molecule has 3 rings (SSSR count). The van der Waals surface area contributed by atoms with Crippen LogP contribution >= 0.6 is 11.3 Å². The van der Waals surface area contributed by atoms with Gasteiger partial charge in [0.15, 0.2) is 5.13 Å². The highest BCUT2D eigenvalue weighted by Crippen LogP contribution is 2.35. The molecule has 0 spiro atoms. The normalized spacial score (nSPS) is 18.6. The third-order valence-electron chi connectivity index (χ3n) is 3.60. The molecule has 1 N–H and O–H groups in total. The molecule has 2 aromatic rings. The third-order valence-corrected chi connectivity index (χ3v) is 6.31. The van der Waals surface area contributed by atoms with Gasteiger partial charge in [-0.25, -0.2) is 17.7 Å². The maximum absolute atomic E-state index is 12.3. The summed E-state index contributed by atoms with van der Waals surface area (Å²) in [5.74, 6) is -1.06. The fourth-order valence-electron chi connectivity index (χ4n) is 2.46. The van der Waals surface area contributed by atoms with E-state index in [1.54, 1.807) is 25.4 Å². The molecule has 9 heteroatoms. The van der Waals surface area contributed by atoms with E-state index >= 15 is 0 Å². The monoisotopic (exact) mass is 365 g/mol. The van der Waals surface area contributed by atoms with Crippen LogP contribution in [0.25, 0.3) is 0 Å². The number of thiazole rings is 1. The van der Waals surface area contributed by atoms with Crippen LogP contribution in [-0.2, 0) is 14.8 Å². The van der Waals surface area contributed by atoms with Crippen molar-refractivity contribution in [3.8, 4) is 0 Å². The van der Waals surface area contributed by atoms with E-state index in [1.807, 2.05) is 0 Å². The fraction of sp³-hybridized carbons (Fsp3) is 0.267. The fourth-order valence-corrected chi connectivity index (χ4v) is 5.10. The Balaban J connectivity index is 1.85. The quantitative estimate of drug-likeness (QED) is 0.898. The number of sulfonamides is 1. The molecule has 1 aliphatic rings. The average Bonchev–Trinajstić information content (AvgIpc) is 3.04. The molecule has 1 aromatic heterocycles. The first kappa shape index (κ1) is 16.6. The Bertz CT molecular complexity index is 887. The number of rotatable bonds is 3. The molecule has 1 fully saturated rings. The van der Waals surface area contributed by atoms with Crippen LogP contribution in [0.3, 0.4) is 0 Å². The second-order valence-electron chi connectivity index (χ2n) is 6.05. The summed E-state index contributed by atoms with van der Waals surface area (Å²) >= 11 is 1.29. The van der Waals surface area contributed by atoms with Gasteiger partial charge in [0.1, 0.15) is 0 Å². The van der Waals surface area contributed by atoms with Gasteiger partial charge in [0.05, 0.1) is 16.9 Å². The van der Waals surface area contributed by atoms with Crippen molar-refractivity contribution < 1.29 is 18.0 Å². The van der Waals surface area contributed by atoms with Crippen LogP contribution in [-0.4, -0.2) is 31.0 Å². The van der Waals surface area contributed by atoms with E-state index in [4.69, 9.17) is 0 Å². The van der Waals surface area contributed by atoms with Gasteiger partial charge in [0.25, 0.3) is 5.91 Å². The van der Waals surface area contributed by atoms with Crippen molar-refractivity contribution >= 4 is 44.0 Å². The molecule has 0 unspecified atom stereocenters. The summed E-state index contributed by atoms with van der Waals surface area (Å²) in [6.07, 6.45) is 1.58. The number of nitrogens with zero attached hydrogens (tertiary/aromatic N) is 2. The van der Waals surface area contributed by atoms with E-state index in [-0.39, 0.29) is 17.3 Å². The molecule has 0 saturated carbocycles. The van der Waals surface area contributed by atoms with Crippen molar-refractivity contribution in [1.29, 1.82) is 0 Å². The number of hydrogen-bond donors (Lipinski definition) is 1. The zero-order chi connectivity index (χ0) is 17.5. The Morgan fingerprint density at radius 3 is 2.46 bits per heavy atom. The lowest BCUT2D eigenvalue weighted by Crippen LogP contribution is -2.32. The Labute approximate surface area is 143 Å². The Kier molecular flexibility index (Phi) is 3.92. The Morgan fingerprint density at radius 1 is 1.29 bits per heavy atom. The first-order chi connectivity index (χ1) is 11.2. The van der Waals surface area contributed by atoms with Gasteiger partial charge in [-0.1, -0.05) is 0 Å². The lowest BCUT2D eigenvalue weighted by Gasteiger charge is -2.17. The van der Waals surface area contributed by atoms with E-state index in [2.05, 4.69) is 10.3 Å². The van der Waals surface area contributed by atoms with Crippen molar-refractivity contribution in [2.45, 2.75) is 13.8 Å². The highest BCUT2D eigenvalue weighted by atomic mass is 32.2. The smallest absolute Gasteiger partial charge is 0.257 e. The van der Waals surface area contributed by atoms with Gasteiger partial charge in [-0.2, -0.15) is 0 Å². The number of anilines is 2. The minimum atomic E-state index is -3.70. The zero-order valence-corrected chi connectivity index (χ0v) is 14.6. The van der Waals surface area contributed by atoms with Gasteiger partial charge < -0.3 is 0 Å². The second-order valence-corrected chi connectivity index (χ2v) is 8.76. The van der Waals surface area contributed by atoms with E-state index < -0.39 is 21.3 Å². The molecule has 0 bridgehead atoms. The summed E-state index contributed by atoms with van der Waals surface area (Å²) in [4.78, 5) is 28.4. The number of hydrogen-bond acceptors (Lipinski definition) is 6. The number of carbonyl (C=O) groups is 2. The number of amides is 2. The number of carbonyl (C=O) groups excluding carboxylic acids is 2. The zero-order valence-electron chi connectivity index (χ0n) is 13.0. The maximum Gasteiger partial charge on any atom is 0.257 e. The van der Waals surface area contributed by atoms with Gasteiger partial charge in [-0.3, -0.25) is 14.9 Å². The van der Waals surface area contributed by atoms with Crippen LogP contribution in [0, 0.1) is 5.41 Å². The third kappa shape index (κ3) is 2.92. The average molecular weight is 365 g/mol. The SMILES string of the molecule is CC1(C)CS(=O)(=O)N(c2ccc(C(=O)Nc3nccs3)cc2)C1=O. The van der Waals surface area contributed by atoms with Gasteiger partial charge in [0, 0.05) is 17.1 Å². The second kappa shape index (κ2) is 5.67. The standard InChI is InChI=1S/C15H15N3O4S2/c1-15(2)9-24(21,22)18(13(15)20)11-5-3-10(4-6-11)12(19)17-14-16-7-8-23-14/h3-8H,9H2,1-2H3,(H,16,17,19). The van der Waals surface area contributed by atoms with Gasteiger partial charge in [-0.15, -0.1) is 11.3 Å². The highest BCUT2D eigenvalue weighted by Gasteiger charge is 2.49. The largest absolute Gasteiger partial charge is 0.298 e. The molecule has 7 nitrogen and oxygen atoms in total. The van der Waals surface area contributed by atoms with Gasteiger partial charge in [0.2, 0.25) is 15.9 Å². The minimum absolute atomic E-state index is 0.231. The molecule has 1 aromatic carbocycles. The molecule has 1 saturated heterocycles. The lowest BCUT2D eigenvalue weighted by molar-refractivity contribution is -0.123. The summed E-state index contributed by atoms with van der Waals surface area (Å²) < 4.78 is 25.3. The molecule has 2 amide bonds. The predicted molar refractivity (Wildman–Crippen MR) is 91.6 cm³/mol. The maximum atomic E-state index is 12.3. The van der Waals surface area contributed by atoms with Crippen LogP contribution in [0.1, 0.15) is 24.2 Å². The summed E-state index contributed by atoms with van der Waals surface area (Å²) in [7, 11) is -3.70. The molecule has 0 atom stereocenters. The molecule has 0 radical (unpaired) electrons.